The lowest BCUT2D eigenvalue weighted by atomic mass is 10.1. The van der Waals surface area contributed by atoms with Gasteiger partial charge in [0.25, 0.3) is 11.8 Å². The van der Waals surface area contributed by atoms with Crippen molar-refractivity contribution >= 4 is 17.9 Å². The number of benzene rings is 2. The van der Waals surface area contributed by atoms with Gasteiger partial charge in [0.1, 0.15) is 5.82 Å². The molecule has 3 rings (SSSR count). The second-order valence-corrected chi connectivity index (χ2v) is 5.08. The summed E-state index contributed by atoms with van der Waals surface area (Å²) >= 11 is 0. The van der Waals surface area contributed by atoms with Gasteiger partial charge in [0.15, 0.2) is 0 Å². The molecule has 0 bridgehead atoms. The van der Waals surface area contributed by atoms with Crippen LogP contribution in [0.1, 0.15) is 26.3 Å². The van der Waals surface area contributed by atoms with E-state index >= 15 is 0 Å². The average Bonchev–Trinajstić information content (AvgIpc) is 2.84. The zero-order valence-electron chi connectivity index (χ0n) is 12.7. The van der Waals surface area contributed by atoms with Crippen LogP contribution >= 0.6 is 0 Å². The van der Waals surface area contributed by atoms with Crippen molar-refractivity contribution in [1.29, 1.82) is 0 Å². The summed E-state index contributed by atoms with van der Waals surface area (Å²) in [5.41, 5.74) is 1.56. The number of imide groups is 1. The van der Waals surface area contributed by atoms with E-state index < -0.39 is 11.8 Å². The van der Waals surface area contributed by atoms with Crippen LogP contribution in [0.25, 0.3) is 6.08 Å². The molecule has 1 heterocycles. The molecule has 120 valence electrons. The van der Waals surface area contributed by atoms with Gasteiger partial charge in [-0.2, -0.15) is 0 Å². The van der Waals surface area contributed by atoms with Crippen molar-refractivity contribution in [2.75, 3.05) is 6.61 Å². The molecule has 4 nitrogen and oxygen atoms in total. The SMILES string of the molecule is O=C1c2ccccc2C(=O)N1OCC=CC=Cc1ccc(F)cc1. The van der Waals surface area contributed by atoms with E-state index in [2.05, 4.69) is 0 Å². The van der Waals surface area contributed by atoms with E-state index in [1.165, 1.54) is 12.1 Å². The molecule has 0 saturated carbocycles. The third-order valence-corrected chi connectivity index (χ3v) is 3.46. The van der Waals surface area contributed by atoms with Gasteiger partial charge in [0.2, 0.25) is 0 Å². The van der Waals surface area contributed by atoms with Crippen LogP contribution in [0, 0.1) is 5.82 Å². The Kier molecular flexibility index (Phi) is 4.63. The second kappa shape index (κ2) is 7.02. The molecule has 2 aromatic carbocycles. The molecule has 0 unspecified atom stereocenters. The summed E-state index contributed by atoms with van der Waals surface area (Å²) in [6.45, 7) is 0.0826. The molecule has 2 aromatic rings. The van der Waals surface area contributed by atoms with Gasteiger partial charge in [0.05, 0.1) is 17.7 Å². The molecule has 0 aromatic heterocycles. The number of rotatable bonds is 5. The zero-order chi connectivity index (χ0) is 16.9. The van der Waals surface area contributed by atoms with E-state index in [9.17, 15) is 14.0 Å². The first-order valence-electron chi connectivity index (χ1n) is 7.36. The van der Waals surface area contributed by atoms with Crippen molar-refractivity contribution in [1.82, 2.24) is 5.06 Å². The van der Waals surface area contributed by atoms with Crippen LogP contribution in [0.4, 0.5) is 4.39 Å². The first-order chi connectivity index (χ1) is 11.7. The van der Waals surface area contributed by atoms with E-state index in [0.717, 1.165) is 10.6 Å². The van der Waals surface area contributed by atoms with E-state index in [0.29, 0.717) is 11.1 Å². The first kappa shape index (κ1) is 15.8. The van der Waals surface area contributed by atoms with Crippen LogP contribution in [0.3, 0.4) is 0 Å². The van der Waals surface area contributed by atoms with Crippen molar-refractivity contribution in [3.05, 3.63) is 89.3 Å². The quantitative estimate of drug-likeness (QED) is 0.623. The van der Waals surface area contributed by atoms with E-state index in [-0.39, 0.29) is 12.4 Å². The van der Waals surface area contributed by atoms with E-state index in [4.69, 9.17) is 4.84 Å². The lowest BCUT2D eigenvalue weighted by molar-refractivity contribution is -0.0801. The Labute approximate surface area is 138 Å². The van der Waals surface area contributed by atoms with Crippen molar-refractivity contribution in [3.63, 3.8) is 0 Å². The Morgan fingerprint density at radius 1 is 0.917 bits per heavy atom. The number of carbonyl (C=O) groups excluding carboxylic acids is 2. The molecule has 0 aliphatic carbocycles. The fourth-order valence-electron chi connectivity index (χ4n) is 2.28. The molecule has 0 spiro atoms. The highest BCUT2D eigenvalue weighted by Crippen LogP contribution is 2.22. The summed E-state index contributed by atoms with van der Waals surface area (Å²) in [6.07, 6.45) is 6.96. The van der Waals surface area contributed by atoms with Gasteiger partial charge in [0, 0.05) is 0 Å². The number of hydrogen-bond acceptors (Lipinski definition) is 3. The van der Waals surface area contributed by atoms with Gasteiger partial charge in [-0.1, -0.05) is 48.6 Å². The topological polar surface area (TPSA) is 46.6 Å². The van der Waals surface area contributed by atoms with E-state index in [1.54, 1.807) is 60.7 Å². The number of carbonyl (C=O) groups is 2. The zero-order valence-corrected chi connectivity index (χ0v) is 12.7. The van der Waals surface area contributed by atoms with Crippen LogP contribution in [-0.4, -0.2) is 23.5 Å². The maximum atomic E-state index is 12.8. The fraction of sp³-hybridized carbons (Fsp3) is 0.0526. The Balaban J connectivity index is 1.53. The number of amides is 2. The fourth-order valence-corrected chi connectivity index (χ4v) is 2.28. The van der Waals surface area contributed by atoms with Gasteiger partial charge in [-0.25, -0.2) is 4.39 Å². The highest BCUT2D eigenvalue weighted by Gasteiger charge is 2.36. The van der Waals surface area contributed by atoms with Crippen molar-refractivity contribution < 1.29 is 18.8 Å². The molecule has 1 aliphatic heterocycles. The average molecular weight is 323 g/mol. The molecule has 5 heteroatoms. The predicted octanol–water partition coefficient (Wildman–Crippen LogP) is 3.62. The number of allylic oxidation sites excluding steroid dienone is 2. The molecule has 24 heavy (non-hydrogen) atoms. The van der Waals surface area contributed by atoms with Gasteiger partial charge >= 0.3 is 0 Å². The first-order valence-corrected chi connectivity index (χ1v) is 7.36. The number of fused-ring (bicyclic) bond motifs is 1. The number of hydrogen-bond donors (Lipinski definition) is 0. The number of halogens is 1. The van der Waals surface area contributed by atoms with Crippen LogP contribution in [-0.2, 0) is 4.84 Å². The monoisotopic (exact) mass is 323 g/mol. The van der Waals surface area contributed by atoms with E-state index in [1.807, 2.05) is 0 Å². The minimum atomic E-state index is -0.453. The molecule has 0 N–H and O–H groups in total. The Bertz CT molecular complexity index is 790. The number of nitrogens with zero attached hydrogens (tertiary/aromatic N) is 1. The Morgan fingerprint density at radius 3 is 2.17 bits per heavy atom. The van der Waals surface area contributed by atoms with Crippen LogP contribution in [0.15, 0.2) is 66.8 Å². The van der Waals surface area contributed by atoms with Crippen molar-refractivity contribution in [3.8, 4) is 0 Å². The summed E-state index contributed by atoms with van der Waals surface area (Å²) < 4.78 is 12.8. The Hall–Kier alpha value is -3.05. The van der Waals surface area contributed by atoms with Crippen molar-refractivity contribution in [2.24, 2.45) is 0 Å². The van der Waals surface area contributed by atoms with Gasteiger partial charge in [-0.3, -0.25) is 14.4 Å². The summed E-state index contributed by atoms with van der Waals surface area (Å²) in [4.78, 5) is 29.3. The normalized spacial score (nSPS) is 14.1. The van der Waals surface area contributed by atoms with Crippen LogP contribution < -0.4 is 0 Å². The lowest BCUT2D eigenvalue weighted by Crippen LogP contribution is -2.29. The third-order valence-electron chi connectivity index (χ3n) is 3.46. The maximum Gasteiger partial charge on any atom is 0.285 e. The molecular weight excluding hydrogens is 309 g/mol. The van der Waals surface area contributed by atoms with Gasteiger partial charge in [-0.15, -0.1) is 5.06 Å². The minimum absolute atomic E-state index is 0.0826. The predicted molar refractivity (Wildman–Crippen MR) is 87.5 cm³/mol. The maximum absolute atomic E-state index is 12.8. The standard InChI is InChI=1S/C19H14FNO3/c20-15-11-9-14(10-12-15)6-2-1-5-13-24-21-18(22)16-7-3-4-8-17(16)19(21)23/h1-12H,13H2. The molecule has 0 fully saturated rings. The highest BCUT2D eigenvalue weighted by atomic mass is 19.1. The van der Waals surface area contributed by atoms with Gasteiger partial charge in [-0.05, 0) is 29.8 Å². The summed E-state index contributed by atoms with van der Waals surface area (Å²) in [5, 5.41) is 0.776. The number of hydroxylamine groups is 2. The largest absolute Gasteiger partial charge is 0.285 e. The van der Waals surface area contributed by atoms with Crippen LogP contribution in [0.5, 0.6) is 0 Å². The van der Waals surface area contributed by atoms with Crippen LogP contribution in [0.2, 0.25) is 0 Å². The molecule has 0 saturated heterocycles. The second-order valence-electron chi connectivity index (χ2n) is 5.08. The van der Waals surface area contributed by atoms with Gasteiger partial charge < -0.3 is 0 Å². The Morgan fingerprint density at radius 2 is 1.54 bits per heavy atom. The highest BCUT2D eigenvalue weighted by molar-refractivity contribution is 6.20. The molecule has 0 atom stereocenters. The third kappa shape index (κ3) is 3.31. The summed E-state index contributed by atoms with van der Waals surface area (Å²) in [6, 6.07) is 12.7. The van der Waals surface area contributed by atoms with Crippen molar-refractivity contribution in [2.45, 2.75) is 0 Å². The molecular formula is C19H14FNO3. The molecule has 1 aliphatic rings. The summed E-state index contributed by atoms with van der Waals surface area (Å²) in [5.74, 6) is -1.19. The lowest BCUT2D eigenvalue weighted by Gasteiger charge is -2.11. The molecule has 0 radical (unpaired) electrons. The minimum Gasteiger partial charge on any atom is -0.266 e. The molecule has 2 amide bonds. The smallest absolute Gasteiger partial charge is 0.266 e. The summed E-state index contributed by atoms with van der Waals surface area (Å²) in [7, 11) is 0.